The van der Waals surface area contributed by atoms with Gasteiger partial charge in [-0.2, -0.15) is 0 Å². The van der Waals surface area contributed by atoms with Crippen molar-refractivity contribution in [1.82, 2.24) is 5.32 Å². The topological polar surface area (TPSA) is 72.2 Å². The summed E-state index contributed by atoms with van der Waals surface area (Å²) < 4.78 is 0.145. The van der Waals surface area contributed by atoms with E-state index in [0.717, 1.165) is 0 Å². The summed E-state index contributed by atoms with van der Waals surface area (Å²) in [6.07, 6.45) is 5.13. The van der Waals surface area contributed by atoms with Crippen LogP contribution in [0, 0.1) is 22.5 Å². The standard InChI is InChI=1S/C11H9BrN2O3/c1-3-7(2)13-11(15)8-5-4-6-9(10(8)12)14(16)17/h1,4-7H,2H3,(H,13,15). The molecule has 0 bridgehead atoms. The molecule has 5 nitrogen and oxygen atoms in total. The molecule has 1 unspecified atom stereocenters. The monoisotopic (exact) mass is 296 g/mol. The molecule has 0 saturated carbocycles. The van der Waals surface area contributed by atoms with Crippen LogP contribution in [0.2, 0.25) is 0 Å². The van der Waals surface area contributed by atoms with E-state index in [2.05, 4.69) is 27.2 Å². The molecule has 0 aromatic heterocycles. The van der Waals surface area contributed by atoms with Gasteiger partial charge >= 0.3 is 0 Å². The fourth-order valence-corrected chi connectivity index (χ4v) is 1.74. The smallest absolute Gasteiger partial charge is 0.284 e. The van der Waals surface area contributed by atoms with E-state index < -0.39 is 16.9 Å². The molecule has 0 saturated heterocycles. The van der Waals surface area contributed by atoms with Gasteiger partial charge in [0.25, 0.3) is 11.6 Å². The summed E-state index contributed by atoms with van der Waals surface area (Å²) in [4.78, 5) is 21.9. The predicted octanol–water partition coefficient (Wildman–Crippen LogP) is 2.11. The lowest BCUT2D eigenvalue weighted by atomic mass is 10.2. The van der Waals surface area contributed by atoms with Crippen LogP contribution in [0.3, 0.4) is 0 Å². The highest BCUT2D eigenvalue weighted by atomic mass is 79.9. The number of benzene rings is 1. The molecular formula is C11H9BrN2O3. The van der Waals surface area contributed by atoms with Crippen molar-refractivity contribution < 1.29 is 9.72 Å². The molecule has 88 valence electrons. The first-order chi connectivity index (χ1) is 7.97. The van der Waals surface area contributed by atoms with Crippen molar-refractivity contribution in [1.29, 1.82) is 0 Å². The van der Waals surface area contributed by atoms with Gasteiger partial charge in [-0.05, 0) is 28.9 Å². The number of nitro benzene ring substituents is 1. The number of terminal acetylenes is 1. The molecule has 1 N–H and O–H groups in total. The van der Waals surface area contributed by atoms with Crippen molar-refractivity contribution in [2.75, 3.05) is 0 Å². The molecule has 1 aromatic carbocycles. The Bertz CT molecular complexity index is 508. The number of rotatable bonds is 3. The second-order valence-corrected chi connectivity index (χ2v) is 4.05. The minimum absolute atomic E-state index is 0.145. The first-order valence-corrected chi connectivity index (χ1v) is 5.46. The van der Waals surface area contributed by atoms with E-state index in [1.165, 1.54) is 18.2 Å². The maximum atomic E-state index is 11.8. The third kappa shape index (κ3) is 3.04. The van der Waals surface area contributed by atoms with Gasteiger partial charge in [0.05, 0.1) is 16.5 Å². The van der Waals surface area contributed by atoms with Crippen LogP contribution in [-0.4, -0.2) is 16.9 Å². The Morgan fingerprint density at radius 3 is 2.82 bits per heavy atom. The molecule has 0 aliphatic heterocycles. The van der Waals surface area contributed by atoms with E-state index in [0.29, 0.717) is 0 Å². The Labute approximate surface area is 106 Å². The fourth-order valence-electron chi connectivity index (χ4n) is 1.15. The van der Waals surface area contributed by atoms with Gasteiger partial charge in [-0.15, -0.1) is 6.42 Å². The number of nitrogens with zero attached hydrogens (tertiary/aromatic N) is 1. The summed E-state index contributed by atoms with van der Waals surface area (Å²) in [5.41, 5.74) is 0.0207. The SMILES string of the molecule is C#CC(C)NC(=O)c1cccc([N+](=O)[O-])c1Br. The van der Waals surface area contributed by atoms with Crippen LogP contribution in [0.4, 0.5) is 5.69 Å². The molecule has 0 heterocycles. The summed E-state index contributed by atoms with van der Waals surface area (Å²) in [7, 11) is 0. The van der Waals surface area contributed by atoms with Crippen molar-refractivity contribution >= 4 is 27.5 Å². The average molecular weight is 297 g/mol. The predicted molar refractivity (Wildman–Crippen MR) is 66.6 cm³/mol. The molecular weight excluding hydrogens is 288 g/mol. The second kappa shape index (κ2) is 5.46. The Hall–Kier alpha value is -1.87. The van der Waals surface area contributed by atoms with Crippen LogP contribution < -0.4 is 5.32 Å². The molecule has 0 spiro atoms. The van der Waals surface area contributed by atoms with Crippen LogP contribution in [0.1, 0.15) is 17.3 Å². The van der Waals surface area contributed by atoms with Gasteiger partial charge in [0, 0.05) is 6.07 Å². The maximum absolute atomic E-state index is 11.8. The lowest BCUT2D eigenvalue weighted by Crippen LogP contribution is -2.31. The molecule has 0 aliphatic carbocycles. The Balaban J connectivity index is 3.08. The Morgan fingerprint density at radius 1 is 1.65 bits per heavy atom. The number of amides is 1. The minimum atomic E-state index is -0.564. The molecule has 1 aromatic rings. The van der Waals surface area contributed by atoms with Crippen molar-refractivity contribution in [3.8, 4) is 12.3 Å². The fraction of sp³-hybridized carbons (Fsp3) is 0.182. The summed E-state index contributed by atoms with van der Waals surface area (Å²) in [5.74, 6) is 1.89. The van der Waals surface area contributed by atoms with E-state index in [9.17, 15) is 14.9 Å². The van der Waals surface area contributed by atoms with Gasteiger partial charge in [0.1, 0.15) is 4.47 Å². The van der Waals surface area contributed by atoms with Gasteiger partial charge in [-0.3, -0.25) is 14.9 Å². The number of halogens is 1. The quantitative estimate of drug-likeness (QED) is 0.527. The Kier molecular flexibility index (Phi) is 4.24. The highest BCUT2D eigenvalue weighted by molar-refractivity contribution is 9.10. The minimum Gasteiger partial charge on any atom is -0.339 e. The third-order valence-corrected chi connectivity index (χ3v) is 2.85. The zero-order chi connectivity index (χ0) is 13.0. The summed E-state index contributed by atoms with van der Waals surface area (Å²) in [6.45, 7) is 1.64. The average Bonchev–Trinajstić information content (AvgIpc) is 2.28. The highest BCUT2D eigenvalue weighted by Gasteiger charge is 2.19. The number of carbonyl (C=O) groups excluding carboxylic acids is 1. The van der Waals surface area contributed by atoms with Crippen molar-refractivity contribution in [2.24, 2.45) is 0 Å². The van der Waals surface area contributed by atoms with Crippen LogP contribution >= 0.6 is 15.9 Å². The van der Waals surface area contributed by atoms with E-state index >= 15 is 0 Å². The largest absolute Gasteiger partial charge is 0.339 e. The van der Waals surface area contributed by atoms with Crippen molar-refractivity contribution in [3.05, 3.63) is 38.3 Å². The van der Waals surface area contributed by atoms with Crippen LogP contribution in [-0.2, 0) is 0 Å². The normalized spacial score (nSPS) is 11.4. The van der Waals surface area contributed by atoms with Crippen molar-refractivity contribution in [2.45, 2.75) is 13.0 Å². The molecule has 1 rings (SSSR count). The molecule has 1 amide bonds. The lowest BCUT2D eigenvalue weighted by Gasteiger charge is -2.08. The Morgan fingerprint density at radius 2 is 2.29 bits per heavy atom. The van der Waals surface area contributed by atoms with Gasteiger partial charge in [-0.1, -0.05) is 12.0 Å². The molecule has 17 heavy (non-hydrogen) atoms. The van der Waals surface area contributed by atoms with Gasteiger partial charge in [0.2, 0.25) is 0 Å². The van der Waals surface area contributed by atoms with E-state index in [4.69, 9.17) is 6.42 Å². The first-order valence-electron chi connectivity index (χ1n) is 4.67. The van der Waals surface area contributed by atoms with Crippen LogP contribution in [0.25, 0.3) is 0 Å². The number of carbonyl (C=O) groups is 1. The van der Waals surface area contributed by atoms with Crippen molar-refractivity contribution in [3.63, 3.8) is 0 Å². The van der Waals surface area contributed by atoms with Gasteiger partial charge in [0.15, 0.2) is 0 Å². The van der Waals surface area contributed by atoms with E-state index in [1.807, 2.05) is 0 Å². The third-order valence-electron chi connectivity index (χ3n) is 2.02. The summed E-state index contributed by atoms with van der Waals surface area (Å²) in [6, 6.07) is 3.80. The second-order valence-electron chi connectivity index (χ2n) is 3.26. The molecule has 6 heteroatoms. The first kappa shape index (κ1) is 13.2. The number of nitrogens with one attached hydrogen (secondary N) is 1. The molecule has 0 radical (unpaired) electrons. The number of nitro groups is 1. The lowest BCUT2D eigenvalue weighted by molar-refractivity contribution is -0.385. The van der Waals surface area contributed by atoms with E-state index in [1.54, 1.807) is 6.92 Å². The maximum Gasteiger partial charge on any atom is 0.284 e. The van der Waals surface area contributed by atoms with Crippen LogP contribution in [0.15, 0.2) is 22.7 Å². The molecule has 0 aliphatic rings. The highest BCUT2D eigenvalue weighted by Crippen LogP contribution is 2.28. The number of hydrogen-bond donors (Lipinski definition) is 1. The zero-order valence-electron chi connectivity index (χ0n) is 8.94. The van der Waals surface area contributed by atoms with E-state index in [-0.39, 0.29) is 15.7 Å². The summed E-state index contributed by atoms with van der Waals surface area (Å²) >= 11 is 3.04. The summed E-state index contributed by atoms with van der Waals surface area (Å²) in [5, 5.41) is 13.2. The molecule has 1 atom stereocenters. The molecule has 0 fully saturated rings. The van der Waals surface area contributed by atoms with Gasteiger partial charge in [-0.25, -0.2) is 0 Å². The van der Waals surface area contributed by atoms with Gasteiger partial charge < -0.3 is 5.32 Å². The zero-order valence-corrected chi connectivity index (χ0v) is 10.5. The number of hydrogen-bond acceptors (Lipinski definition) is 3. The van der Waals surface area contributed by atoms with Crippen LogP contribution in [0.5, 0.6) is 0 Å².